The summed E-state index contributed by atoms with van der Waals surface area (Å²) in [6, 6.07) is 3.61. The highest BCUT2D eigenvalue weighted by atomic mass is 127. The van der Waals surface area contributed by atoms with Crippen LogP contribution in [-0.4, -0.2) is 38.5 Å². The van der Waals surface area contributed by atoms with E-state index in [4.69, 9.17) is 4.42 Å². The van der Waals surface area contributed by atoms with E-state index in [1.165, 1.54) is 0 Å². The van der Waals surface area contributed by atoms with Gasteiger partial charge < -0.3 is 15.1 Å². The maximum atomic E-state index is 11.4. The Labute approximate surface area is 136 Å². The Morgan fingerprint density at radius 1 is 1.55 bits per heavy atom. The van der Waals surface area contributed by atoms with E-state index in [9.17, 15) is 8.42 Å². The number of sulfone groups is 1. The van der Waals surface area contributed by atoms with Gasteiger partial charge in [0.1, 0.15) is 12.3 Å². The van der Waals surface area contributed by atoms with E-state index >= 15 is 0 Å². The third-order valence-electron chi connectivity index (χ3n) is 2.89. The molecule has 8 heteroatoms. The van der Waals surface area contributed by atoms with E-state index in [0.29, 0.717) is 18.9 Å². The summed E-state index contributed by atoms with van der Waals surface area (Å²) in [6.07, 6.45) is 2.24. The van der Waals surface area contributed by atoms with Crippen LogP contribution in [0.2, 0.25) is 0 Å². The average Bonchev–Trinajstić information content (AvgIpc) is 2.96. The third-order valence-corrected chi connectivity index (χ3v) is 4.66. The van der Waals surface area contributed by atoms with Crippen LogP contribution in [0.15, 0.2) is 27.8 Å². The first-order chi connectivity index (χ1) is 9.09. The molecule has 20 heavy (non-hydrogen) atoms. The first kappa shape index (κ1) is 17.3. The summed E-state index contributed by atoms with van der Waals surface area (Å²) < 4.78 is 28.0. The second-order valence-corrected chi connectivity index (χ2v) is 6.75. The van der Waals surface area contributed by atoms with Gasteiger partial charge in [0.15, 0.2) is 15.8 Å². The Balaban J connectivity index is 0.00000200. The lowest BCUT2D eigenvalue weighted by Gasteiger charge is -2.15. The highest BCUT2D eigenvalue weighted by Crippen LogP contribution is 2.11. The minimum Gasteiger partial charge on any atom is -0.467 e. The van der Waals surface area contributed by atoms with E-state index in [1.807, 2.05) is 19.1 Å². The van der Waals surface area contributed by atoms with E-state index in [1.54, 1.807) is 6.26 Å². The average molecular weight is 413 g/mol. The molecule has 0 aromatic carbocycles. The molecule has 1 saturated heterocycles. The summed E-state index contributed by atoms with van der Waals surface area (Å²) in [5.41, 5.74) is 0. The SMILES string of the molecule is CCNC(=NCc1ccco1)NC1CCS(=O)(=O)C1.I. The number of halogens is 1. The number of rotatable bonds is 4. The van der Waals surface area contributed by atoms with Gasteiger partial charge in [-0.2, -0.15) is 0 Å². The number of nitrogens with one attached hydrogen (secondary N) is 2. The Morgan fingerprint density at radius 3 is 2.90 bits per heavy atom. The van der Waals surface area contributed by atoms with Gasteiger partial charge in [-0.15, -0.1) is 24.0 Å². The molecule has 1 unspecified atom stereocenters. The zero-order valence-electron chi connectivity index (χ0n) is 11.3. The van der Waals surface area contributed by atoms with Gasteiger partial charge in [-0.05, 0) is 25.5 Å². The molecular weight excluding hydrogens is 393 g/mol. The van der Waals surface area contributed by atoms with Crippen LogP contribution in [0.1, 0.15) is 19.1 Å². The third kappa shape index (κ3) is 5.31. The molecule has 1 atom stereocenters. The first-order valence-corrected chi connectivity index (χ1v) is 8.19. The fourth-order valence-corrected chi connectivity index (χ4v) is 3.66. The fourth-order valence-electron chi connectivity index (χ4n) is 1.98. The molecule has 1 aromatic heterocycles. The lowest BCUT2D eigenvalue weighted by Crippen LogP contribution is -2.44. The zero-order chi connectivity index (χ0) is 13.7. The molecule has 2 N–H and O–H groups in total. The molecule has 0 spiro atoms. The van der Waals surface area contributed by atoms with Gasteiger partial charge >= 0.3 is 0 Å². The van der Waals surface area contributed by atoms with Crippen LogP contribution in [0.4, 0.5) is 0 Å². The van der Waals surface area contributed by atoms with Gasteiger partial charge in [-0.25, -0.2) is 13.4 Å². The summed E-state index contributed by atoms with van der Waals surface area (Å²) in [5.74, 6) is 1.83. The monoisotopic (exact) mass is 413 g/mol. The normalized spacial score (nSPS) is 21.2. The van der Waals surface area contributed by atoms with Crippen molar-refractivity contribution >= 4 is 39.8 Å². The molecule has 0 amide bonds. The molecule has 6 nitrogen and oxygen atoms in total. The summed E-state index contributed by atoms with van der Waals surface area (Å²) in [7, 11) is -2.88. The standard InChI is InChI=1S/C12H19N3O3S.HI/c1-2-13-12(14-8-11-4-3-6-18-11)15-10-5-7-19(16,17)9-10;/h3-4,6,10H,2,5,7-9H2,1H3,(H2,13,14,15);1H. The molecule has 114 valence electrons. The van der Waals surface area contributed by atoms with Crippen molar-refractivity contribution in [3.8, 4) is 0 Å². The number of hydrogen-bond acceptors (Lipinski definition) is 4. The maximum absolute atomic E-state index is 11.4. The minimum atomic E-state index is -2.88. The summed E-state index contributed by atoms with van der Waals surface area (Å²) in [5, 5.41) is 6.25. The molecule has 2 heterocycles. The molecule has 0 bridgehead atoms. The number of guanidine groups is 1. The van der Waals surface area contributed by atoms with Crippen LogP contribution in [-0.2, 0) is 16.4 Å². The van der Waals surface area contributed by atoms with Gasteiger partial charge in [-0.1, -0.05) is 0 Å². The van der Waals surface area contributed by atoms with E-state index in [0.717, 1.165) is 12.3 Å². The fraction of sp³-hybridized carbons (Fsp3) is 0.583. The molecule has 0 saturated carbocycles. The maximum Gasteiger partial charge on any atom is 0.191 e. The highest BCUT2D eigenvalue weighted by molar-refractivity contribution is 14.0. The van der Waals surface area contributed by atoms with Crippen LogP contribution in [0.25, 0.3) is 0 Å². The van der Waals surface area contributed by atoms with Crippen LogP contribution < -0.4 is 10.6 Å². The number of hydrogen-bond donors (Lipinski definition) is 2. The van der Waals surface area contributed by atoms with Crippen molar-refractivity contribution in [2.45, 2.75) is 25.9 Å². The van der Waals surface area contributed by atoms with Crippen molar-refractivity contribution in [2.24, 2.45) is 4.99 Å². The van der Waals surface area contributed by atoms with Crippen molar-refractivity contribution in [3.63, 3.8) is 0 Å². The van der Waals surface area contributed by atoms with Gasteiger partial charge in [0, 0.05) is 12.6 Å². The summed E-state index contributed by atoms with van der Waals surface area (Å²) >= 11 is 0. The number of nitrogens with zero attached hydrogens (tertiary/aromatic N) is 1. The van der Waals surface area contributed by atoms with Crippen molar-refractivity contribution in [1.29, 1.82) is 0 Å². The smallest absolute Gasteiger partial charge is 0.191 e. The summed E-state index contributed by atoms with van der Waals surface area (Å²) in [6.45, 7) is 3.13. The van der Waals surface area contributed by atoms with Crippen molar-refractivity contribution in [3.05, 3.63) is 24.2 Å². The Bertz CT molecular complexity index is 528. The molecule has 0 radical (unpaired) electrons. The van der Waals surface area contributed by atoms with E-state index in [-0.39, 0.29) is 41.5 Å². The number of furan rings is 1. The Morgan fingerprint density at radius 2 is 2.35 bits per heavy atom. The molecule has 0 aliphatic carbocycles. The lowest BCUT2D eigenvalue weighted by atomic mass is 10.3. The topological polar surface area (TPSA) is 83.7 Å². The van der Waals surface area contributed by atoms with Crippen LogP contribution in [0.3, 0.4) is 0 Å². The van der Waals surface area contributed by atoms with Gasteiger partial charge in [0.25, 0.3) is 0 Å². The second kappa shape index (κ2) is 7.87. The van der Waals surface area contributed by atoms with Gasteiger partial charge in [0.2, 0.25) is 0 Å². The lowest BCUT2D eigenvalue weighted by molar-refractivity contribution is 0.511. The molecule has 1 aromatic rings. The van der Waals surface area contributed by atoms with Crippen LogP contribution >= 0.6 is 24.0 Å². The quantitative estimate of drug-likeness (QED) is 0.440. The molecule has 1 fully saturated rings. The Hall–Kier alpha value is -0.770. The molecular formula is C12H20IN3O3S. The molecule has 1 aliphatic rings. The largest absolute Gasteiger partial charge is 0.467 e. The van der Waals surface area contributed by atoms with Crippen LogP contribution in [0, 0.1) is 0 Å². The molecule has 2 rings (SSSR count). The zero-order valence-corrected chi connectivity index (χ0v) is 14.5. The molecule has 1 aliphatic heterocycles. The van der Waals surface area contributed by atoms with Crippen molar-refractivity contribution in [1.82, 2.24) is 10.6 Å². The predicted molar refractivity (Wildman–Crippen MR) is 89.1 cm³/mol. The van der Waals surface area contributed by atoms with Crippen LogP contribution in [0.5, 0.6) is 0 Å². The van der Waals surface area contributed by atoms with E-state index in [2.05, 4.69) is 15.6 Å². The minimum absolute atomic E-state index is 0. The van der Waals surface area contributed by atoms with Gasteiger partial charge in [0.05, 0.1) is 17.8 Å². The Kier molecular flexibility index (Phi) is 6.80. The first-order valence-electron chi connectivity index (χ1n) is 6.37. The van der Waals surface area contributed by atoms with Crippen molar-refractivity contribution < 1.29 is 12.8 Å². The predicted octanol–water partition coefficient (Wildman–Crippen LogP) is 1.14. The van der Waals surface area contributed by atoms with Crippen molar-refractivity contribution in [2.75, 3.05) is 18.1 Å². The second-order valence-electron chi connectivity index (χ2n) is 4.52. The highest BCUT2D eigenvalue weighted by Gasteiger charge is 2.28. The van der Waals surface area contributed by atoms with E-state index < -0.39 is 9.84 Å². The number of aliphatic imine (C=N–C) groups is 1. The van der Waals surface area contributed by atoms with Gasteiger partial charge in [-0.3, -0.25) is 0 Å². The summed E-state index contributed by atoms with van der Waals surface area (Å²) in [4.78, 5) is 4.37.